The van der Waals surface area contributed by atoms with E-state index < -0.39 is 27.7 Å². The Bertz CT molecular complexity index is 1690. The average Bonchev–Trinajstić information content (AvgIpc) is 3.37. The summed E-state index contributed by atoms with van der Waals surface area (Å²) < 4.78 is 45.4. The number of rotatable bonds is 6. The van der Waals surface area contributed by atoms with E-state index in [-0.39, 0.29) is 61.7 Å². The van der Waals surface area contributed by atoms with Crippen LogP contribution in [0.2, 0.25) is 0 Å². The maximum absolute atomic E-state index is 13.4. The Morgan fingerprint density at radius 3 is 2.70 bits per heavy atom. The second kappa shape index (κ2) is 9.09. The van der Waals surface area contributed by atoms with Gasteiger partial charge < -0.3 is 19.5 Å². The second-order valence-electron chi connectivity index (χ2n) is 8.33. The van der Waals surface area contributed by atoms with Gasteiger partial charge in [0.1, 0.15) is 11.3 Å². The maximum Gasteiger partial charge on any atom is 0.350 e. The Labute approximate surface area is 214 Å². The van der Waals surface area contributed by atoms with Gasteiger partial charge in [-0.25, -0.2) is 9.37 Å². The highest BCUT2D eigenvalue weighted by molar-refractivity contribution is 7.89. The van der Waals surface area contributed by atoms with Crippen molar-refractivity contribution in [3.05, 3.63) is 70.8 Å². The minimum atomic E-state index is -4.46. The third kappa shape index (κ3) is 4.47. The van der Waals surface area contributed by atoms with Gasteiger partial charge in [0.15, 0.2) is 20.8 Å². The molecule has 0 saturated heterocycles. The standard InChI is InChI=1S/C24H19FN4O6S2/c1-12-23(36-24(27-12)28-13(2)30)37(33,34)35-21-16-4-3-9-26-19(16)20(31)18-17(21)11-29(22(18)32)10-14-5-7-15(25)8-6-14/h3-9,31H,10-11H2,1-2H3,(H,27,28,30). The fourth-order valence-electron chi connectivity index (χ4n) is 4.12. The molecule has 1 aliphatic rings. The SMILES string of the molecule is CC(=O)Nc1nc(C)c(S(=O)(=O)Oc2c3c(c(O)c4ncccc24)C(=O)N(Cc2ccc(F)cc2)C3)s1. The summed E-state index contributed by atoms with van der Waals surface area (Å²) >= 11 is 0.731. The first kappa shape index (κ1) is 24.6. The molecule has 0 fully saturated rings. The minimum Gasteiger partial charge on any atom is -0.505 e. The number of hydrogen-bond acceptors (Lipinski definition) is 9. The molecule has 2 N–H and O–H groups in total. The summed E-state index contributed by atoms with van der Waals surface area (Å²) in [7, 11) is -4.46. The molecule has 0 bridgehead atoms. The fraction of sp³-hybridized carbons (Fsp3) is 0.167. The van der Waals surface area contributed by atoms with Crippen molar-refractivity contribution < 1.29 is 31.7 Å². The van der Waals surface area contributed by atoms with Gasteiger partial charge in [0.25, 0.3) is 5.91 Å². The van der Waals surface area contributed by atoms with Gasteiger partial charge in [0, 0.05) is 30.6 Å². The lowest BCUT2D eigenvalue weighted by Crippen LogP contribution is -2.23. The van der Waals surface area contributed by atoms with Crippen molar-refractivity contribution in [2.75, 3.05) is 5.32 Å². The number of pyridine rings is 1. The molecule has 2 aromatic heterocycles. The Morgan fingerprint density at radius 1 is 1.27 bits per heavy atom. The number of nitrogens with zero attached hydrogens (tertiary/aromatic N) is 3. The molecule has 2 amide bonds. The number of phenolic OH excluding ortho intramolecular Hbond substituents is 1. The highest BCUT2D eigenvalue weighted by atomic mass is 32.3. The van der Waals surface area contributed by atoms with Crippen LogP contribution in [0, 0.1) is 12.7 Å². The smallest absolute Gasteiger partial charge is 0.350 e. The van der Waals surface area contributed by atoms with Gasteiger partial charge in [0.05, 0.1) is 17.8 Å². The van der Waals surface area contributed by atoms with Crippen molar-refractivity contribution in [1.29, 1.82) is 0 Å². The van der Waals surface area contributed by atoms with Crippen molar-refractivity contribution in [2.45, 2.75) is 31.1 Å². The largest absolute Gasteiger partial charge is 0.505 e. The van der Waals surface area contributed by atoms with E-state index in [1.54, 1.807) is 6.07 Å². The number of aryl methyl sites for hydroxylation is 1. The van der Waals surface area contributed by atoms with Gasteiger partial charge >= 0.3 is 10.1 Å². The molecule has 0 unspecified atom stereocenters. The zero-order chi connectivity index (χ0) is 26.5. The van der Waals surface area contributed by atoms with Crippen LogP contribution in [0.1, 0.15) is 34.1 Å². The van der Waals surface area contributed by atoms with Crippen LogP contribution in [0.5, 0.6) is 11.5 Å². The third-order valence-corrected chi connectivity index (χ3v) is 8.55. The molecular weight excluding hydrogens is 523 g/mol. The maximum atomic E-state index is 13.4. The van der Waals surface area contributed by atoms with Crippen LogP contribution >= 0.6 is 11.3 Å². The quantitative estimate of drug-likeness (QED) is 0.352. The highest BCUT2D eigenvalue weighted by Crippen LogP contribution is 2.45. The van der Waals surface area contributed by atoms with E-state index in [1.165, 1.54) is 55.3 Å². The Balaban J connectivity index is 1.59. The molecule has 5 rings (SSSR count). The van der Waals surface area contributed by atoms with E-state index >= 15 is 0 Å². The van der Waals surface area contributed by atoms with Crippen LogP contribution in [-0.4, -0.2) is 40.2 Å². The summed E-state index contributed by atoms with van der Waals surface area (Å²) in [4.78, 5) is 34.3. The monoisotopic (exact) mass is 542 g/mol. The van der Waals surface area contributed by atoms with E-state index in [0.29, 0.717) is 5.56 Å². The molecule has 2 aromatic carbocycles. The zero-order valence-corrected chi connectivity index (χ0v) is 21.1. The van der Waals surface area contributed by atoms with Gasteiger partial charge in [-0.15, -0.1) is 0 Å². The number of anilines is 1. The molecule has 10 nitrogen and oxygen atoms in total. The van der Waals surface area contributed by atoms with Gasteiger partial charge in [-0.1, -0.05) is 23.5 Å². The van der Waals surface area contributed by atoms with Crippen LogP contribution < -0.4 is 9.50 Å². The average molecular weight is 543 g/mol. The number of benzene rings is 2. The zero-order valence-electron chi connectivity index (χ0n) is 19.5. The molecule has 13 heteroatoms. The summed E-state index contributed by atoms with van der Waals surface area (Å²) in [5.41, 5.74) is 0.839. The molecule has 4 aromatic rings. The molecule has 0 radical (unpaired) electrons. The molecule has 3 heterocycles. The molecule has 1 aliphatic heterocycles. The van der Waals surface area contributed by atoms with Crippen LogP contribution in [0.3, 0.4) is 0 Å². The summed E-state index contributed by atoms with van der Waals surface area (Å²) in [5, 5.41) is 13.7. The molecule has 0 atom stereocenters. The van der Waals surface area contributed by atoms with Crippen molar-refractivity contribution in [3.8, 4) is 11.5 Å². The molecule has 0 saturated carbocycles. The minimum absolute atomic E-state index is 0.00314. The summed E-state index contributed by atoms with van der Waals surface area (Å²) in [5.74, 6) is -1.90. The number of halogens is 1. The number of fused-ring (bicyclic) bond motifs is 2. The lowest BCUT2D eigenvalue weighted by molar-refractivity contribution is -0.114. The molecule has 190 valence electrons. The van der Waals surface area contributed by atoms with E-state index in [1.807, 2.05) is 0 Å². The Kier molecular flexibility index (Phi) is 6.04. The third-order valence-electron chi connectivity index (χ3n) is 5.68. The van der Waals surface area contributed by atoms with Gasteiger partial charge in [-0.2, -0.15) is 8.42 Å². The van der Waals surface area contributed by atoms with Crippen LogP contribution in [0.15, 0.2) is 46.8 Å². The Hall–Kier alpha value is -4.10. The van der Waals surface area contributed by atoms with E-state index in [9.17, 15) is 27.5 Å². The number of carbonyl (C=O) groups is 2. The number of amides is 2. The van der Waals surface area contributed by atoms with Gasteiger partial charge in [-0.05, 0) is 36.8 Å². The fourth-order valence-corrected chi connectivity index (χ4v) is 6.50. The molecule has 0 aliphatic carbocycles. The first-order valence-corrected chi connectivity index (χ1v) is 13.1. The van der Waals surface area contributed by atoms with Gasteiger partial charge in [0.2, 0.25) is 5.91 Å². The summed E-state index contributed by atoms with van der Waals surface area (Å²) in [6.45, 7) is 2.77. The van der Waals surface area contributed by atoms with E-state index in [4.69, 9.17) is 4.18 Å². The van der Waals surface area contributed by atoms with Crippen molar-refractivity contribution in [1.82, 2.24) is 14.9 Å². The number of phenols is 1. The number of aromatic hydroxyl groups is 1. The highest BCUT2D eigenvalue weighted by Gasteiger charge is 2.37. The number of thiazole rings is 1. The van der Waals surface area contributed by atoms with Crippen LogP contribution in [0.4, 0.5) is 9.52 Å². The lowest BCUT2D eigenvalue weighted by Gasteiger charge is -2.16. The summed E-state index contributed by atoms with van der Waals surface area (Å²) in [6.07, 6.45) is 1.40. The predicted molar refractivity (Wildman–Crippen MR) is 132 cm³/mol. The van der Waals surface area contributed by atoms with Gasteiger partial charge in [-0.3, -0.25) is 14.6 Å². The molecule has 37 heavy (non-hydrogen) atoms. The lowest BCUT2D eigenvalue weighted by atomic mass is 10.0. The van der Waals surface area contributed by atoms with Crippen molar-refractivity contribution in [3.63, 3.8) is 0 Å². The number of hydrogen-bond donors (Lipinski definition) is 2. The Morgan fingerprint density at radius 2 is 2.00 bits per heavy atom. The topological polar surface area (TPSA) is 139 Å². The van der Waals surface area contributed by atoms with Crippen molar-refractivity contribution >= 4 is 49.3 Å². The molecule has 0 spiro atoms. The molecular formula is C24H19FN4O6S2. The van der Waals surface area contributed by atoms with E-state index in [2.05, 4.69) is 15.3 Å². The van der Waals surface area contributed by atoms with Crippen LogP contribution in [-0.2, 0) is 28.0 Å². The number of carbonyl (C=O) groups excluding carboxylic acids is 2. The first-order chi connectivity index (χ1) is 17.5. The number of aromatic nitrogens is 2. The van der Waals surface area contributed by atoms with Crippen molar-refractivity contribution in [2.24, 2.45) is 0 Å². The van der Waals surface area contributed by atoms with Crippen LogP contribution in [0.25, 0.3) is 10.9 Å². The second-order valence-corrected chi connectivity index (χ2v) is 11.1. The summed E-state index contributed by atoms with van der Waals surface area (Å²) in [6, 6.07) is 8.68. The normalized spacial score (nSPS) is 13.2. The van der Waals surface area contributed by atoms with E-state index in [0.717, 1.165) is 11.3 Å². The first-order valence-electron chi connectivity index (χ1n) is 10.9. The predicted octanol–water partition coefficient (Wildman–Crippen LogP) is 3.73. The number of nitrogens with one attached hydrogen (secondary N) is 1.